The van der Waals surface area contributed by atoms with E-state index in [1.54, 1.807) is 4.90 Å². The molecule has 1 aromatic rings. The van der Waals surface area contributed by atoms with Crippen molar-refractivity contribution in [2.45, 2.75) is 39.2 Å². The third-order valence-corrected chi connectivity index (χ3v) is 3.71. The minimum atomic E-state index is -0.561. The first-order chi connectivity index (χ1) is 11.3. The molecule has 2 rings (SSSR count). The number of likely N-dealkylation sites (tertiary alicyclic amines) is 1. The van der Waals surface area contributed by atoms with Gasteiger partial charge in [0.25, 0.3) is 5.91 Å². The van der Waals surface area contributed by atoms with Crippen LogP contribution in [0.3, 0.4) is 0 Å². The van der Waals surface area contributed by atoms with Crippen LogP contribution in [0, 0.1) is 5.92 Å². The standard InChI is InChI=1S/C16H21ClN4O3/c1-16(2,3)24-15(23)21-8-4-5-11(10-21)14(22)20-9-12-13(17)19-7-6-18-12/h6-7,9,11H,4-5,8,10H2,1-3H3/t11-/m1/s1. The first-order valence-corrected chi connectivity index (χ1v) is 8.16. The van der Waals surface area contributed by atoms with Crippen molar-refractivity contribution in [3.05, 3.63) is 23.2 Å². The quantitative estimate of drug-likeness (QED) is 0.764. The zero-order valence-electron chi connectivity index (χ0n) is 14.0. The molecule has 7 nitrogen and oxygen atoms in total. The van der Waals surface area contributed by atoms with Crippen LogP contribution in [0.25, 0.3) is 0 Å². The molecule has 1 saturated heterocycles. The molecule has 1 aromatic heterocycles. The van der Waals surface area contributed by atoms with Gasteiger partial charge in [0, 0.05) is 25.5 Å². The van der Waals surface area contributed by atoms with E-state index in [9.17, 15) is 9.59 Å². The highest BCUT2D eigenvalue weighted by Crippen LogP contribution is 2.20. The maximum atomic E-state index is 12.3. The molecule has 1 aliphatic heterocycles. The summed E-state index contributed by atoms with van der Waals surface area (Å²) in [6.45, 7) is 6.32. The highest BCUT2D eigenvalue weighted by atomic mass is 35.5. The lowest BCUT2D eigenvalue weighted by atomic mass is 9.98. The summed E-state index contributed by atoms with van der Waals surface area (Å²) in [4.78, 5) is 37.7. The average molecular weight is 353 g/mol. The van der Waals surface area contributed by atoms with E-state index in [0.717, 1.165) is 6.42 Å². The number of carbonyl (C=O) groups is 2. The van der Waals surface area contributed by atoms with Crippen LogP contribution < -0.4 is 0 Å². The highest BCUT2D eigenvalue weighted by Gasteiger charge is 2.30. The Hall–Kier alpha value is -2.02. The third-order valence-electron chi connectivity index (χ3n) is 3.42. The number of aliphatic imine (C=N–C) groups is 1. The van der Waals surface area contributed by atoms with E-state index in [1.807, 2.05) is 20.8 Å². The van der Waals surface area contributed by atoms with Gasteiger partial charge in [0.15, 0.2) is 5.15 Å². The van der Waals surface area contributed by atoms with Crippen LogP contribution in [0.4, 0.5) is 4.79 Å². The lowest BCUT2D eigenvalue weighted by Gasteiger charge is -2.32. The molecule has 1 atom stereocenters. The van der Waals surface area contributed by atoms with Gasteiger partial charge < -0.3 is 9.64 Å². The number of aromatic nitrogens is 2. The first-order valence-electron chi connectivity index (χ1n) is 7.78. The lowest BCUT2D eigenvalue weighted by molar-refractivity contribution is -0.122. The minimum absolute atomic E-state index is 0.188. The maximum absolute atomic E-state index is 12.3. The Morgan fingerprint density at radius 2 is 2.08 bits per heavy atom. The summed E-state index contributed by atoms with van der Waals surface area (Å²) in [6.07, 6.45) is 5.26. The molecule has 0 aromatic carbocycles. The highest BCUT2D eigenvalue weighted by molar-refractivity contribution is 6.31. The molecule has 0 bridgehead atoms. The van der Waals surface area contributed by atoms with Gasteiger partial charge in [0.1, 0.15) is 11.3 Å². The van der Waals surface area contributed by atoms with Crippen molar-refractivity contribution < 1.29 is 14.3 Å². The topological polar surface area (TPSA) is 84.8 Å². The Bertz CT molecular complexity index is 642. The second kappa shape index (κ2) is 7.70. The van der Waals surface area contributed by atoms with Crippen LogP contribution >= 0.6 is 11.6 Å². The lowest BCUT2D eigenvalue weighted by Crippen LogP contribution is -2.44. The monoisotopic (exact) mass is 352 g/mol. The molecule has 0 spiro atoms. The normalized spacial score (nSPS) is 18.7. The molecule has 0 unspecified atom stereocenters. The van der Waals surface area contributed by atoms with E-state index in [4.69, 9.17) is 16.3 Å². The molecule has 130 valence electrons. The smallest absolute Gasteiger partial charge is 0.410 e. The molecule has 1 fully saturated rings. The number of nitrogens with zero attached hydrogens (tertiary/aromatic N) is 4. The number of rotatable bonds is 2. The summed E-state index contributed by atoms with van der Waals surface area (Å²) in [5, 5.41) is 0.188. The molecule has 0 saturated carbocycles. The second-order valence-electron chi connectivity index (χ2n) is 6.59. The van der Waals surface area contributed by atoms with Gasteiger partial charge in [0.05, 0.1) is 12.1 Å². The fraction of sp³-hybridized carbons (Fsp3) is 0.562. The van der Waals surface area contributed by atoms with Crippen molar-refractivity contribution in [3.8, 4) is 0 Å². The van der Waals surface area contributed by atoms with E-state index in [2.05, 4.69) is 15.0 Å². The number of halogens is 1. The number of hydrogen-bond donors (Lipinski definition) is 0. The van der Waals surface area contributed by atoms with Gasteiger partial charge in [-0.2, -0.15) is 0 Å². The van der Waals surface area contributed by atoms with Crippen LogP contribution in [0.15, 0.2) is 17.4 Å². The minimum Gasteiger partial charge on any atom is -0.444 e. The summed E-state index contributed by atoms with van der Waals surface area (Å²) >= 11 is 5.87. The van der Waals surface area contributed by atoms with Crippen LogP contribution in [0.5, 0.6) is 0 Å². The van der Waals surface area contributed by atoms with Crippen LogP contribution in [0.2, 0.25) is 5.15 Å². The van der Waals surface area contributed by atoms with Crippen LogP contribution in [-0.2, 0) is 9.53 Å². The fourth-order valence-electron chi connectivity index (χ4n) is 2.32. The summed E-state index contributed by atoms with van der Waals surface area (Å²) in [6, 6.07) is 0. The maximum Gasteiger partial charge on any atom is 0.410 e. The Kier molecular flexibility index (Phi) is 5.88. The second-order valence-corrected chi connectivity index (χ2v) is 6.95. The molecule has 2 amide bonds. The predicted octanol–water partition coefficient (Wildman–Crippen LogP) is 2.72. The van der Waals surface area contributed by atoms with E-state index < -0.39 is 11.7 Å². The molecule has 1 aliphatic rings. The van der Waals surface area contributed by atoms with Crippen molar-refractivity contribution in [2.24, 2.45) is 10.9 Å². The van der Waals surface area contributed by atoms with E-state index in [1.165, 1.54) is 18.6 Å². The summed E-state index contributed by atoms with van der Waals surface area (Å²) in [7, 11) is 0. The molecule has 8 heteroatoms. The Morgan fingerprint density at radius 3 is 2.75 bits per heavy atom. The summed E-state index contributed by atoms with van der Waals surface area (Å²) in [5.41, 5.74) is -0.220. The van der Waals surface area contributed by atoms with Gasteiger partial charge in [-0.3, -0.25) is 9.78 Å². The molecule has 2 heterocycles. The zero-order valence-corrected chi connectivity index (χ0v) is 14.8. The zero-order chi connectivity index (χ0) is 17.7. The van der Waals surface area contributed by atoms with Gasteiger partial charge in [-0.1, -0.05) is 11.6 Å². The number of piperidine rings is 1. The molecule has 0 radical (unpaired) electrons. The molecular weight excluding hydrogens is 332 g/mol. The van der Waals surface area contributed by atoms with Crippen LogP contribution in [-0.4, -0.2) is 51.8 Å². The Labute approximate surface area is 146 Å². The summed E-state index contributed by atoms with van der Waals surface area (Å²) < 4.78 is 5.35. The summed E-state index contributed by atoms with van der Waals surface area (Å²) in [5.74, 6) is -0.650. The molecule has 0 N–H and O–H groups in total. The largest absolute Gasteiger partial charge is 0.444 e. The van der Waals surface area contributed by atoms with Crippen molar-refractivity contribution in [2.75, 3.05) is 13.1 Å². The van der Waals surface area contributed by atoms with E-state index >= 15 is 0 Å². The van der Waals surface area contributed by atoms with Crippen molar-refractivity contribution in [1.29, 1.82) is 0 Å². The van der Waals surface area contributed by atoms with Gasteiger partial charge in [0.2, 0.25) is 0 Å². The van der Waals surface area contributed by atoms with Crippen molar-refractivity contribution >= 4 is 29.8 Å². The van der Waals surface area contributed by atoms with Crippen LogP contribution in [0.1, 0.15) is 39.3 Å². The molecular formula is C16H21ClN4O3. The van der Waals surface area contributed by atoms with E-state index in [-0.39, 0.29) is 17.0 Å². The number of amides is 2. The third kappa shape index (κ3) is 5.26. The van der Waals surface area contributed by atoms with Crippen molar-refractivity contribution in [1.82, 2.24) is 14.9 Å². The average Bonchev–Trinajstić information content (AvgIpc) is 2.52. The van der Waals surface area contributed by atoms with Gasteiger partial charge in [-0.15, -0.1) is 0 Å². The number of ether oxygens (including phenoxy) is 1. The van der Waals surface area contributed by atoms with Gasteiger partial charge >= 0.3 is 6.09 Å². The first kappa shape index (κ1) is 18.3. The predicted molar refractivity (Wildman–Crippen MR) is 90.2 cm³/mol. The fourth-order valence-corrected chi connectivity index (χ4v) is 2.47. The Balaban J connectivity index is 1.97. The van der Waals surface area contributed by atoms with Gasteiger partial charge in [-0.25, -0.2) is 14.8 Å². The molecule has 0 aliphatic carbocycles. The van der Waals surface area contributed by atoms with Crippen molar-refractivity contribution in [3.63, 3.8) is 0 Å². The van der Waals surface area contributed by atoms with E-state index in [0.29, 0.717) is 25.2 Å². The van der Waals surface area contributed by atoms with Gasteiger partial charge in [-0.05, 0) is 33.6 Å². The molecule has 24 heavy (non-hydrogen) atoms. The number of hydrogen-bond acceptors (Lipinski definition) is 5. The Morgan fingerprint density at radius 1 is 1.38 bits per heavy atom. The number of carbonyl (C=O) groups excluding carboxylic acids is 2. The SMILES string of the molecule is CC(C)(C)OC(=O)N1CCC[C@@H](C(=O)N=Cc2nccnc2Cl)C1.